The molecule has 7 nitrogen and oxygen atoms in total. The molecule has 4 rings (SSSR count). The predicted molar refractivity (Wildman–Crippen MR) is 109 cm³/mol. The number of nitriles is 1. The number of halogens is 3. The first-order chi connectivity index (χ1) is 15.2. The van der Waals surface area contributed by atoms with Gasteiger partial charge in [0.2, 0.25) is 0 Å². The summed E-state index contributed by atoms with van der Waals surface area (Å²) < 4.78 is 42.7. The minimum atomic E-state index is -4.77. The number of hydrogen-bond acceptors (Lipinski definition) is 5. The van der Waals surface area contributed by atoms with Crippen LogP contribution in [0.5, 0.6) is 5.75 Å². The molecule has 0 saturated heterocycles. The van der Waals surface area contributed by atoms with Crippen molar-refractivity contribution < 1.29 is 22.7 Å². The highest BCUT2D eigenvalue weighted by Gasteiger charge is 2.31. The van der Waals surface area contributed by atoms with E-state index in [0.717, 1.165) is 0 Å². The molecular formula is C22H14F3N5O2. The second-order valence-electron chi connectivity index (χ2n) is 6.74. The van der Waals surface area contributed by atoms with Gasteiger partial charge in [0.15, 0.2) is 5.65 Å². The molecule has 0 aliphatic carbocycles. The van der Waals surface area contributed by atoms with Crippen molar-refractivity contribution >= 4 is 17.2 Å². The van der Waals surface area contributed by atoms with Crippen LogP contribution in [0.15, 0.2) is 67.1 Å². The smallest absolute Gasteiger partial charge is 0.406 e. The molecule has 1 amide bonds. The summed E-state index contributed by atoms with van der Waals surface area (Å²) >= 11 is 0. The molecule has 0 radical (unpaired) electrons. The summed E-state index contributed by atoms with van der Waals surface area (Å²) in [6.07, 6.45) is -0.285. The molecule has 2 aromatic heterocycles. The van der Waals surface area contributed by atoms with Gasteiger partial charge in [-0.05, 0) is 48.5 Å². The Kier molecular flexibility index (Phi) is 5.24. The summed E-state index contributed by atoms with van der Waals surface area (Å²) in [5, 5.41) is 8.91. The van der Waals surface area contributed by atoms with E-state index in [1.807, 2.05) is 6.07 Å². The summed E-state index contributed by atoms with van der Waals surface area (Å²) in [4.78, 5) is 22.7. The summed E-state index contributed by atoms with van der Waals surface area (Å²) in [6.45, 7) is 0. The fourth-order valence-electron chi connectivity index (χ4n) is 3.09. The molecule has 0 fully saturated rings. The molecule has 0 spiro atoms. The van der Waals surface area contributed by atoms with Gasteiger partial charge in [-0.15, -0.1) is 13.2 Å². The standard InChI is InChI=1S/C22H14F3N5O2/c1-29(16-6-2-14(10-26)3-7-16)21(31)18-13-30-19(11-28-20(30)12-27-18)15-4-8-17(9-5-15)32-22(23,24)25/h2-9,11-13H,1H3. The number of carbonyl (C=O) groups is 1. The highest BCUT2D eigenvalue weighted by atomic mass is 19.4. The third-order valence-corrected chi connectivity index (χ3v) is 4.69. The lowest BCUT2D eigenvalue weighted by atomic mass is 10.1. The molecule has 0 aliphatic rings. The van der Waals surface area contributed by atoms with Crippen molar-refractivity contribution in [3.8, 4) is 23.1 Å². The number of nitrogens with zero attached hydrogens (tertiary/aromatic N) is 5. The summed E-state index contributed by atoms with van der Waals surface area (Å²) in [7, 11) is 1.59. The van der Waals surface area contributed by atoms with Crippen molar-refractivity contribution in [2.24, 2.45) is 0 Å². The number of imidazole rings is 1. The fraction of sp³-hybridized carbons (Fsp3) is 0.0909. The molecule has 0 saturated carbocycles. The highest BCUT2D eigenvalue weighted by Crippen LogP contribution is 2.27. The molecule has 2 heterocycles. The van der Waals surface area contributed by atoms with Gasteiger partial charge < -0.3 is 9.64 Å². The molecule has 0 N–H and O–H groups in total. The highest BCUT2D eigenvalue weighted by molar-refractivity contribution is 6.04. The zero-order valence-electron chi connectivity index (χ0n) is 16.5. The van der Waals surface area contributed by atoms with Crippen LogP contribution in [0.3, 0.4) is 0 Å². The van der Waals surface area contributed by atoms with Gasteiger partial charge in [-0.3, -0.25) is 9.20 Å². The normalized spacial score (nSPS) is 11.2. The first-order valence-electron chi connectivity index (χ1n) is 9.23. The minimum Gasteiger partial charge on any atom is -0.406 e. The zero-order valence-corrected chi connectivity index (χ0v) is 16.5. The Morgan fingerprint density at radius 2 is 1.75 bits per heavy atom. The topological polar surface area (TPSA) is 83.5 Å². The van der Waals surface area contributed by atoms with Crippen LogP contribution in [-0.4, -0.2) is 33.7 Å². The number of fused-ring (bicyclic) bond motifs is 1. The Morgan fingerprint density at radius 3 is 2.38 bits per heavy atom. The van der Waals surface area contributed by atoms with E-state index in [-0.39, 0.29) is 17.4 Å². The van der Waals surface area contributed by atoms with Crippen LogP contribution >= 0.6 is 0 Å². The minimum absolute atomic E-state index is 0.139. The Balaban J connectivity index is 1.63. The number of amides is 1. The lowest BCUT2D eigenvalue weighted by molar-refractivity contribution is -0.274. The Bertz CT molecular complexity index is 1320. The van der Waals surface area contributed by atoms with Gasteiger partial charge in [0.25, 0.3) is 5.91 Å². The van der Waals surface area contributed by atoms with E-state index in [9.17, 15) is 18.0 Å². The second kappa shape index (κ2) is 8.03. The van der Waals surface area contributed by atoms with Crippen molar-refractivity contribution in [2.45, 2.75) is 6.36 Å². The van der Waals surface area contributed by atoms with E-state index < -0.39 is 6.36 Å². The lowest BCUT2D eigenvalue weighted by Gasteiger charge is -2.17. The van der Waals surface area contributed by atoms with Crippen molar-refractivity contribution in [3.05, 3.63) is 78.4 Å². The first-order valence-corrected chi connectivity index (χ1v) is 9.23. The molecule has 32 heavy (non-hydrogen) atoms. The van der Waals surface area contributed by atoms with Gasteiger partial charge in [-0.25, -0.2) is 9.97 Å². The SMILES string of the molecule is CN(C(=O)c1cn2c(-c3ccc(OC(F)(F)F)cc3)cnc2cn1)c1ccc(C#N)cc1. The van der Waals surface area contributed by atoms with Gasteiger partial charge in [0.1, 0.15) is 11.4 Å². The third kappa shape index (κ3) is 4.22. The number of anilines is 1. The number of carbonyl (C=O) groups excluding carboxylic acids is 1. The maximum absolute atomic E-state index is 12.9. The maximum Gasteiger partial charge on any atom is 0.573 e. The van der Waals surface area contributed by atoms with Gasteiger partial charge in [0, 0.05) is 24.5 Å². The van der Waals surface area contributed by atoms with Crippen molar-refractivity contribution in [2.75, 3.05) is 11.9 Å². The molecule has 10 heteroatoms. The molecule has 2 aromatic carbocycles. The average molecular weight is 437 g/mol. The first kappa shape index (κ1) is 20.9. The van der Waals surface area contributed by atoms with E-state index in [2.05, 4.69) is 14.7 Å². The van der Waals surface area contributed by atoms with Crippen LogP contribution in [-0.2, 0) is 0 Å². The Hall–Kier alpha value is -4.39. The van der Waals surface area contributed by atoms with Crippen LogP contribution < -0.4 is 9.64 Å². The van der Waals surface area contributed by atoms with E-state index in [4.69, 9.17) is 5.26 Å². The number of rotatable bonds is 4. The van der Waals surface area contributed by atoms with E-state index >= 15 is 0 Å². The average Bonchev–Trinajstić information content (AvgIpc) is 3.21. The van der Waals surface area contributed by atoms with Gasteiger partial charge in [0.05, 0.1) is 29.7 Å². The summed E-state index contributed by atoms with van der Waals surface area (Å²) in [6, 6.07) is 13.9. The quantitative estimate of drug-likeness (QED) is 0.471. The molecule has 0 unspecified atom stereocenters. The number of hydrogen-bond donors (Lipinski definition) is 0. The molecule has 4 aromatic rings. The maximum atomic E-state index is 12.9. The largest absolute Gasteiger partial charge is 0.573 e. The third-order valence-electron chi connectivity index (χ3n) is 4.69. The zero-order chi connectivity index (χ0) is 22.9. The van der Waals surface area contributed by atoms with Crippen LogP contribution in [0, 0.1) is 11.3 Å². The van der Waals surface area contributed by atoms with E-state index in [1.54, 1.807) is 35.7 Å². The van der Waals surface area contributed by atoms with Gasteiger partial charge in [-0.1, -0.05) is 0 Å². The van der Waals surface area contributed by atoms with Gasteiger partial charge in [-0.2, -0.15) is 5.26 Å². The number of benzene rings is 2. The monoisotopic (exact) mass is 437 g/mol. The second-order valence-corrected chi connectivity index (χ2v) is 6.74. The number of ether oxygens (including phenoxy) is 1. The van der Waals surface area contributed by atoms with Crippen molar-refractivity contribution in [3.63, 3.8) is 0 Å². The van der Waals surface area contributed by atoms with Crippen molar-refractivity contribution in [1.82, 2.24) is 14.4 Å². The molecular weight excluding hydrogens is 423 g/mol. The van der Waals surface area contributed by atoms with E-state index in [0.29, 0.717) is 28.2 Å². The molecule has 160 valence electrons. The van der Waals surface area contributed by atoms with E-state index in [1.165, 1.54) is 47.8 Å². The Morgan fingerprint density at radius 1 is 1.06 bits per heavy atom. The van der Waals surface area contributed by atoms with Crippen LogP contribution in [0.4, 0.5) is 18.9 Å². The van der Waals surface area contributed by atoms with Crippen LogP contribution in [0.2, 0.25) is 0 Å². The molecule has 0 aliphatic heterocycles. The Labute approximate surface area is 179 Å². The van der Waals surface area contributed by atoms with Crippen molar-refractivity contribution in [1.29, 1.82) is 5.26 Å². The summed E-state index contributed by atoms with van der Waals surface area (Å²) in [5.41, 5.74) is 2.81. The number of alkyl halides is 3. The van der Waals surface area contributed by atoms with Gasteiger partial charge >= 0.3 is 6.36 Å². The lowest BCUT2D eigenvalue weighted by Crippen LogP contribution is -2.27. The summed E-state index contributed by atoms with van der Waals surface area (Å²) in [5.74, 6) is -0.721. The van der Waals surface area contributed by atoms with Crippen LogP contribution in [0.1, 0.15) is 16.1 Å². The molecule has 0 bridgehead atoms. The molecule has 0 atom stereocenters. The number of aromatic nitrogens is 3. The predicted octanol–water partition coefficient (Wildman–Crippen LogP) is 4.44. The van der Waals surface area contributed by atoms with Crippen LogP contribution in [0.25, 0.3) is 16.9 Å². The fourth-order valence-corrected chi connectivity index (χ4v) is 3.09.